The standard InChI is InChI=1S/C12H31GeNO2Si2/c1-13(2,3)11-10-12(15)14(17(4,5)6)16-18(7,8)9/h10-11H2,1-9H3. The third-order valence-electron chi connectivity index (χ3n) is 2.29. The number of carbonyl (C=O) groups excluding carboxylic acids is 1. The van der Waals surface area contributed by atoms with Gasteiger partial charge in [0.25, 0.3) is 0 Å². The van der Waals surface area contributed by atoms with Gasteiger partial charge in [0.2, 0.25) is 0 Å². The van der Waals surface area contributed by atoms with Crippen LogP contribution in [0.3, 0.4) is 0 Å². The number of hydrogen-bond acceptors (Lipinski definition) is 2. The number of amides is 1. The first-order valence-corrected chi connectivity index (χ1v) is 21.4. The van der Waals surface area contributed by atoms with Crippen molar-refractivity contribution < 1.29 is 9.32 Å². The average Bonchev–Trinajstić information content (AvgIpc) is 2.06. The molecular weight excluding hydrogens is 319 g/mol. The van der Waals surface area contributed by atoms with E-state index in [-0.39, 0.29) is 5.91 Å². The SMILES string of the molecule is C[Si](C)(C)ON(C(=O)C[CH2][Ge]([CH3])([CH3])[CH3])[Si](C)(C)C. The second kappa shape index (κ2) is 6.24. The van der Waals surface area contributed by atoms with Crippen molar-refractivity contribution in [1.29, 1.82) is 0 Å². The van der Waals surface area contributed by atoms with Crippen LogP contribution in [0.15, 0.2) is 0 Å². The predicted molar refractivity (Wildman–Crippen MR) is 87.4 cm³/mol. The van der Waals surface area contributed by atoms with Crippen LogP contribution in [0, 0.1) is 0 Å². The van der Waals surface area contributed by atoms with Crippen molar-refractivity contribution in [3.63, 3.8) is 0 Å². The molecule has 0 radical (unpaired) electrons. The molecule has 0 saturated carbocycles. The molecule has 0 aromatic heterocycles. The van der Waals surface area contributed by atoms with Crippen LogP contribution in [0.5, 0.6) is 0 Å². The Morgan fingerprint density at radius 3 is 1.78 bits per heavy atom. The molecule has 0 atom stereocenters. The Morgan fingerprint density at radius 2 is 1.50 bits per heavy atom. The van der Waals surface area contributed by atoms with E-state index >= 15 is 0 Å². The van der Waals surface area contributed by atoms with Crippen molar-refractivity contribution in [3.8, 4) is 0 Å². The zero-order valence-electron chi connectivity index (χ0n) is 13.7. The topological polar surface area (TPSA) is 29.5 Å². The molecule has 0 rings (SSSR count). The second-order valence-corrected chi connectivity index (χ2v) is 29.1. The van der Waals surface area contributed by atoms with Crippen molar-refractivity contribution in [2.75, 3.05) is 0 Å². The summed E-state index contributed by atoms with van der Waals surface area (Å²) >= 11 is -1.63. The van der Waals surface area contributed by atoms with E-state index in [1.54, 1.807) is 4.73 Å². The summed E-state index contributed by atoms with van der Waals surface area (Å²) in [6.45, 7) is 12.9. The molecule has 0 aliphatic heterocycles. The van der Waals surface area contributed by atoms with Gasteiger partial charge >= 0.3 is 118 Å². The van der Waals surface area contributed by atoms with Crippen molar-refractivity contribution in [2.45, 2.75) is 68.2 Å². The van der Waals surface area contributed by atoms with Gasteiger partial charge < -0.3 is 0 Å². The van der Waals surface area contributed by atoms with Crippen molar-refractivity contribution in [1.82, 2.24) is 4.73 Å². The van der Waals surface area contributed by atoms with Crippen molar-refractivity contribution in [2.24, 2.45) is 0 Å². The van der Waals surface area contributed by atoms with Gasteiger partial charge in [-0.3, -0.25) is 0 Å². The van der Waals surface area contributed by atoms with Gasteiger partial charge in [0.15, 0.2) is 0 Å². The molecule has 0 aliphatic rings. The van der Waals surface area contributed by atoms with Gasteiger partial charge in [-0.05, 0) is 0 Å². The maximum absolute atomic E-state index is 12.4. The molecule has 0 unspecified atom stereocenters. The fourth-order valence-corrected chi connectivity index (χ4v) is 6.87. The summed E-state index contributed by atoms with van der Waals surface area (Å²) in [6, 6.07) is 0. The molecule has 3 nitrogen and oxygen atoms in total. The van der Waals surface area contributed by atoms with Gasteiger partial charge in [-0.15, -0.1) is 0 Å². The van der Waals surface area contributed by atoms with Gasteiger partial charge in [-0.1, -0.05) is 0 Å². The number of carbonyl (C=O) groups is 1. The van der Waals surface area contributed by atoms with E-state index in [1.165, 1.54) is 0 Å². The van der Waals surface area contributed by atoms with Crippen molar-refractivity contribution in [3.05, 3.63) is 0 Å². The third-order valence-corrected chi connectivity index (χ3v) is 8.43. The normalized spacial score (nSPS) is 13.6. The Morgan fingerprint density at radius 1 is 1.06 bits per heavy atom. The number of hydrogen-bond donors (Lipinski definition) is 0. The van der Waals surface area contributed by atoms with E-state index < -0.39 is 29.8 Å². The second-order valence-electron chi connectivity index (χ2n) is 8.12. The van der Waals surface area contributed by atoms with Crippen LogP contribution in [-0.4, -0.2) is 40.5 Å². The fourth-order valence-electron chi connectivity index (χ4n) is 1.42. The van der Waals surface area contributed by atoms with Crippen LogP contribution in [0.4, 0.5) is 0 Å². The van der Waals surface area contributed by atoms with E-state index in [1.807, 2.05) is 0 Å². The summed E-state index contributed by atoms with van der Waals surface area (Å²) in [4.78, 5) is 12.4. The summed E-state index contributed by atoms with van der Waals surface area (Å²) in [6.07, 6.45) is 0.665. The van der Waals surface area contributed by atoms with Crippen LogP contribution in [0.1, 0.15) is 6.42 Å². The van der Waals surface area contributed by atoms with Crippen LogP contribution in [-0.2, 0) is 9.32 Å². The van der Waals surface area contributed by atoms with E-state index in [2.05, 4.69) is 56.6 Å². The Kier molecular flexibility index (Phi) is 6.38. The first-order valence-electron chi connectivity index (χ1n) is 6.75. The molecule has 0 saturated heterocycles. The molecule has 108 valence electrons. The van der Waals surface area contributed by atoms with E-state index in [4.69, 9.17) is 4.53 Å². The van der Waals surface area contributed by atoms with E-state index in [0.29, 0.717) is 6.42 Å². The Balaban J connectivity index is 4.73. The molecule has 1 amide bonds. The molecule has 18 heavy (non-hydrogen) atoms. The molecule has 0 spiro atoms. The van der Waals surface area contributed by atoms with Crippen LogP contribution < -0.4 is 0 Å². The maximum atomic E-state index is 12.4. The zero-order chi connectivity index (χ0) is 14.8. The molecule has 6 heteroatoms. The minimum absolute atomic E-state index is 0.206. The first kappa shape index (κ1) is 18.4. The molecule has 0 heterocycles. The zero-order valence-corrected chi connectivity index (χ0v) is 17.8. The molecule has 0 bridgehead atoms. The number of nitrogens with zero attached hydrogens (tertiary/aromatic N) is 1. The molecule has 0 aliphatic carbocycles. The van der Waals surface area contributed by atoms with Crippen LogP contribution in [0.25, 0.3) is 0 Å². The van der Waals surface area contributed by atoms with Gasteiger partial charge in [0.05, 0.1) is 0 Å². The summed E-state index contributed by atoms with van der Waals surface area (Å²) in [5, 5.41) is 1.09. The molecule has 0 fully saturated rings. The quantitative estimate of drug-likeness (QED) is 0.532. The summed E-state index contributed by atoms with van der Waals surface area (Å²) in [5.41, 5.74) is 0. The fraction of sp³-hybridized carbons (Fsp3) is 0.917. The summed E-state index contributed by atoms with van der Waals surface area (Å²) in [5.74, 6) is 7.26. The van der Waals surface area contributed by atoms with E-state index in [0.717, 1.165) is 5.25 Å². The third kappa shape index (κ3) is 8.50. The molecule has 0 N–H and O–H groups in total. The molecule has 0 aromatic rings. The Hall–Kier alpha value is 0.407. The summed E-state index contributed by atoms with van der Waals surface area (Å²) < 4.78 is 7.81. The van der Waals surface area contributed by atoms with Crippen LogP contribution >= 0.6 is 0 Å². The summed E-state index contributed by atoms with van der Waals surface area (Å²) in [7, 11) is -3.45. The van der Waals surface area contributed by atoms with E-state index in [9.17, 15) is 4.79 Å². The molecule has 0 aromatic carbocycles. The number of hydroxylamine groups is 1. The van der Waals surface area contributed by atoms with Gasteiger partial charge in [-0.25, -0.2) is 0 Å². The predicted octanol–water partition coefficient (Wildman–Crippen LogP) is 4.14. The van der Waals surface area contributed by atoms with Gasteiger partial charge in [0.1, 0.15) is 0 Å². The Bertz CT molecular complexity index is 290. The molecular formula is C12H31GeNO2Si2. The minimum atomic E-state index is -1.74. The Labute approximate surface area is 118 Å². The van der Waals surface area contributed by atoms with Gasteiger partial charge in [0, 0.05) is 0 Å². The average molecular weight is 350 g/mol. The monoisotopic (exact) mass is 351 g/mol. The van der Waals surface area contributed by atoms with Gasteiger partial charge in [-0.2, -0.15) is 0 Å². The van der Waals surface area contributed by atoms with Crippen molar-refractivity contribution >= 4 is 35.7 Å². The number of rotatable bonds is 6. The van der Waals surface area contributed by atoms with Crippen LogP contribution in [0.2, 0.25) is 61.8 Å². The first-order chi connectivity index (χ1) is 7.72.